The van der Waals surface area contributed by atoms with E-state index in [2.05, 4.69) is 0 Å². The molecule has 3 rings (SSSR count). The molecule has 33 heavy (non-hydrogen) atoms. The van der Waals surface area contributed by atoms with E-state index in [0.717, 1.165) is 5.57 Å². The molecule has 0 unspecified atom stereocenters. The van der Waals surface area contributed by atoms with Crippen LogP contribution in [-0.4, -0.2) is 47.4 Å². The van der Waals surface area contributed by atoms with E-state index in [0.29, 0.717) is 30.4 Å². The van der Waals surface area contributed by atoms with Crippen LogP contribution in [0.1, 0.15) is 67.2 Å². The predicted octanol–water partition coefficient (Wildman–Crippen LogP) is 3.49. The van der Waals surface area contributed by atoms with Crippen molar-refractivity contribution in [1.29, 1.82) is 0 Å². The normalized spacial score (nSPS) is 36.7. The molecule has 2 heterocycles. The third kappa shape index (κ3) is 4.45. The van der Waals surface area contributed by atoms with Gasteiger partial charge in [-0.15, -0.1) is 0 Å². The number of esters is 3. The second-order valence-electron chi connectivity index (χ2n) is 9.76. The molecule has 0 bridgehead atoms. The van der Waals surface area contributed by atoms with Crippen molar-refractivity contribution in [3.8, 4) is 0 Å². The Balaban J connectivity index is 2.20. The molecule has 0 spiro atoms. The van der Waals surface area contributed by atoms with E-state index in [-0.39, 0.29) is 29.8 Å². The van der Waals surface area contributed by atoms with Gasteiger partial charge in [0.05, 0.1) is 13.5 Å². The maximum atomic E-state index is 12.8. The van der Waals surface area contributed by atoms with Gasteiger partial charge >= 0.3 is 17.9 Å². The Bertz CT molecular complexity index is 955. The van der Waals surface area contributed by atoms with E-state index >= 15 is 0 Å². The van der Waals surface area contributed by atoms with Crippen LogP contribution in [0.15, 0.2) is 34.3 Å². The van der Waals surface area contributed by atoms with Gasteiger partial charge in [-0.05, 0) is 62.7 Å². The molecule has 8 nitrogen and oxygen atoms in total. The van der Waals surface area contributed by atoms with Crippen molar-refractivity contribution in [1.82, 2.24) is 0 Å². The first kappa shape index (κ1) is 25.0. The molecule has 0 radical (unpaired) electrons. The Morgan fingerprint density at radius 3 is 2.52 bits per heavy atom. The van der Waals surface area contributed by atoms with E-state index < -0.39 is 35.2 Å². The Hall–Kier alpha value is -2.61. The van der Waals surface area contributed by atoms with E-state index in [4.69, 9.17) is 18.9 Å². The van der Waals surface area contributed by atoms with Crippen molar-refractivity contribution >= 4 is 17.9 Å². The van der Waals surface area contributed by atoms with E-state index in [1.807, 2.05) is 26.8 Å². The summed E-state index contributed by atoms with van der Waals surface area (Å²) >= 11 is 0. The van der Waals surface area contributed by atoms with Crippen LogP contribution in [0.4, 0.5) is 0 Å². The lowest BCUT2D eigenvalue weighted by molar-refractivity contribution is -0.167. The molecule has 182 valence electrons. The molecule has 1 fully saturated rings. The molecule has 1 aliphatic carbocycles. The van der Waals surface area contributed by atoms with Gasteiger partial charge in [-0.25, -0.2) is 4.79 Å². The first-order valence-electron chi connectivity index (χ1n) is 11.3. The predicted molar refractivity (Wildman–Crippen MR) is 118 cm³/mol. The Morgan fingerprint density at radius 2 is 1.94 bits per heavy atom. The van der Waals surface area contributed by atoms with Crippen LogP contribution >= 0.6 is 0 Å². The molecule has 1 saturated heterocycles. The Labute approximate surface area is 194 Å². The molecule has 1 N–H and O–H groups in total. The number of allylic oxidation sites excluding steroid dienone is 2. The first-order valence-corrected chi connectivity index (χ1v) is 11.3. The van der Waals surface area contributed by atoms with E-state index in [9.17, 15) is 19.5 Å². The lowest BCUT2D eigenvalue weighted by Crippen LogP contribution is -2.46. The summed E-state index contributed by atoms with van der Waals surface area (Å²) in [7, 11) is 1.46. The molecule has 8 heteroatoms. The number of ether oxygens (including phenoxy) is 4. The van der Waals surface area contributed by atoms with E-state index in [1.165, 1.54) is 14.0 Å². The van der Waals surface area contributed by atoms with Gasteiger partial charge in [0, 0.05) is 12.8 Å². The molecular weight excluding hydrogens is 428 g/mol. The topological polar surface area (TPSA) is 108 Å². The SMILES string of the molecule is COC1=C(C(C)C)[C@H]2C/C=C(/C)[C@H](OC(C)=O)[C@@]3(O)CC(=O)O/C3=C(\C)CC[C@]2(C)OC1=O. The zero-order valence-electron chi connectivity index (χ0n) is 20.4. The average molecular weight is 463 g/mol. The zero-order chi connectivity index (χ0) is 24.7. The molecule has 0 aromatic rings. The van der Waals surface area contributed by atoms with Gasteiger partial charge in [0.15, 0.2) is 11.7 Å². The van der Waals surface area contributed by atoms with Crippen molar-refractivity contribution in [2.75, 3.05) is 7.11 Å². The van der Waals surface area contributed by atoms with E-state index in [1.54, 1.807) is 13.8 Å². The molecule has 0 aromatic heterocycles. The molecular formula is C25H34O8. The van der Waals surface area contributed by atoms with Gasteiger partial charge in [0.25, 0.3) is 0 Å². The van der Waals surface area contributed by atoms with Crippen molar-refractivity contribution in [3.63, 3.8) is 0 Å². The highest BCUT2D eigenvalue weighted by Gasteiger charge is 2.54. The number of carbonyl (C=O) groups excluding carboxylic acids is 3. The minimum Gasteiger partial charge on any atom is -0.490 e. The van der Waals surface area contributed by atoms with Gasteiger partial charge in [-0.3, -0.25) is 9.59 Å². The highest BCUT2D eigenvalue weighted by atomic mass is 16.6. The Morgan fingerprint density at radius 1 is 1.27 bits per heavy atom. The molecule has 0 aromatic carbocycles. The minimum atomic E-state index is -1.80. The van der Waals surface area contributed by atoms with Crippen molar-refractivity contribution in [2.45, 2.75) is 84.5 Å². The van der Waals surface area contributed by atoms with Gasteiger partial charge in [-0.1, -0.05) is 19.9 Å². The third-order valence-corrected chi connectivity index (χ3v) is 6.93. The largest absolute Gasteiger partial charge is 0.490 e. The number of fused-ring (bicyclic) bond motifs is 2. The first-order chi connectivity index (χ1) is 15.3. The summed E-state index contributed by atoms with van der Waals surface area (Å²) in [5.74, 6) is -1.49. The quantitative estimate of drug-likeness (QED) is 0.386. The lowest BCUT2D eigenvalue weighted by Gasteiger charge is -2.43. The molecule has 3 aliphatic rings. The second kappa shape index (κ2) is 8.97. The summed E-state index contributed by atoms with van der Waals surface area (Å²) < 4.78 is 22.4. The van der Waals surface area contributed by atoms with Crippen molar-refractivity contribution in [2.24, 2.45) is 11.8 Å². The van der Waals surface area contributed by atoms with Crippen molar-refractivity contribution in [3.05, 3.63) is 34.3 Å². The number of hydrogen-bond donors (Lipinski definition) is 1. The maximum absolute atomic E-state index is 12.8. The number of hydrogen-bond acceptors (Lipinski definition) is 8. The standard InChI is InChI=1S/C25H34O8/c1-13(2)19-17-9-8-14(3)21(31-16(5)26)25(29)12-18(27)32-22(25)15(4)10-11-24(17,6)33-23(28)20(19)30-7/h8,13,17,21,29H,9-12H2,1-7H3/b14-8-,22-15+/t17-,21+,24+,25+/m1/s1. The summed E-state index contributed by atoms with van der Waals surface area (Å²) in [5, 5.41) is 11.6. The number of aliphatic hydroxyl groups is 1. The smallest absolute Gasteiger partial charge is 0.374 e. The summed E-state index contributed by atoms with van der Waals surface area (Å²) in [5.41, 5.74) is -0.550. The monoisotopic (exact) mass is 462 g/mol. The fourth-order valence-corrected chi connectivity index (χ4v) is 5.30. The minimum absolute atomic E-state index is 0.0317. The fourth-order valence-electron chi connectivity index (χ4n) is 5.30. The van der Waals surface area contributed by atoms with Crippen LogP contribution < -0.4 is 0 Å². The molecule has 0 saturated carbocycles. The highest BCUT2D eigenvalue weighted by molar-refractivity contribution is 5.89. The number of rotatable bonds is 3. The molecule has 4 atom stereocenters. The second-order valence-corrected chi connectivity index (χ2v) is 9.76. The van der Waals surface area contributed by atoms with Crippen LogP contribution in [0.2, 0.25) is 0 Å². The van der Waals surface area contributed by atoms with Crippen LogP contribution in [-0.2, 0) is 33.3 Å². The zero-order valence-corrected chi connectivity index (χ0v) is 20.4. The third-order valence-electron chi connectivity index (χ3n) is 6.93. The summed E-state index contributed by atoms with van der Waals surface area (Å²) in [6, 6.07) is 0. The molecule has 0 amide bonds. The summed E-state index contributed by atoms with van der Waals surface area (Å²) in [4.78, 5) is 37.0. The van der Waals surface area contributed by atoms with Gasteiger partial charge < -0.3 is 24.1 Å². The van der Waals surface area contributed by atoms with Crippen LogP contribution in [0, 0.1) is 11.8 Å². The average Bonchev–Trinajstić information content (AvgIpc) is 3.02. The van der Waals surface area contributed by atoms with Gasteiger partial charge in [-0.2, -0.15) is 0 Å². The Kier molecular flexibility index (Phi) is 6.80. The molecule has 2 aliphatic heterocycles. The summed E-state index contributed by atoms with van der Waals surface area (Å²) in [6.45, 7) is 10.7. The number of carbonyl (C=O) groups is 3. The van der Waals surface area contributed by atoms with Crippen LogP contribution in [0.3, 0.4) is 0 Å². The van der Waals surface area contributed by atoms with Crippen LogP contribution in [0.25, 0.3) is 0 Å². The summed E-state index contributed by atoms with van der Waals surface area (Å²) in [6.07, 6.45) is 1.80. The number of methoxy groups -OCH3 is 1. The van der Waals surface area contributed by atoms with Gasteiger partial charge in [0.2, 0.25) is 5.76 Å². The maximum Gasteiger partial charge on any atom is 0.374 e. The van der Waals surface area contributed by atoms with Gasteiger partial charge in [0.1, 0.15) is 11.4 Å². The highest BCUT2D eigenvalue weighted by Crippen LogP contribution is 2.47. The fraction of sp³-hybridized carbons (Fsp3) is 0.640. The lowest BCUT2D eigenvalue weighted by atomic mass is 9.72. The van der Waals surface area contributed by atoms with Crippen LogP contribution in [0.5, 0.6) is 0 Å². The van der Waals surface area contributed by atoms with Crippen molar-refractivity contribution < 1.29 is 38.4 Å².